The monoisotopic (exact) mass is 454 g/mol. The van der Waals surface area contributed by atoms with Crippen LogP contribution in [0.1, 0.15) is 47.6 Å². The average Bonchev–Trinajstić information content (AvgIpc) is 3.46. The smallest absolute Gasteiger partial charge is 0.194 e. The molecule has 0 saturated heterocycles. The summed E-state index contributed by atoms with van der Waals surface area (Å²) in [6.45, 7) is 3.77. The van der Waals surface area contributed by atoms with E-state index in [1.54, 1.807) is 35.1 Å². The van der Waals surface area contributed by atoms with Crippen LogP contribution in [0.3, 0.4) is 0 Å². The minimum absolute atomic E-state index is 0. The van der Waals surface area contributed by atoms with E-state index >= 15 is 0 Å². The lowest BCUT2D eigenvalue weighted by molar-refractivity contribution is -0.118. The van der Waals surface area contributed by atoms with Gasteiger partial charge in [-0.3, -0.25) is 9.78 Å². The molecule has 0 amide bonds. The molecule has 0 unspecified atom stereocenters. The number of unbranched alkanes of at least 4 members (excludes halogenated alkanes) is 1. The number of fused-ring (bicyclic) bond motifs is 2. The molecule has 5 heterocycles. The number of aromatic nitrogens is 3. The Balaban J connectivity index is 0.00000245. The number of aryl methyl sites for hydroxylation is 2. The normalized spacial score (nSPS) is 13.6. The summed E-state index contributed by atoms with van der Waals surface area (Å²) in [5.41, 5.74) is 4.40. The predicted octanol–water partition coefficient (Wildman–Crippen LogP) is 5.13. The number of nitrogens with zero attached hydrogens (tertiary/aromatic N) is 3. The Hall–Kier alpha value is -2.42. The molecule has 0 aromatic carbocycles. The maximum Gasteiger partial charge on any atom is 0.194 e. The van der Waals surface area contributed by atoms with Crippen molar-refractivity contribution in [2.45, 2.75) is 52.0 Å². The number of hydrogen-bond donors (Lipinski definition) is 1. The predicted molar refractivity (Wildman–Crippen MR) is 126 cm³/mol. The molecular formula is C23H26N4O2S2. The van der Waals surface area contributed by atoms with Gasteiger partial charge in [-0.05, 0) is 44.4 Å². The molecule has 4 aromatic heterocycles. The van der Waals surface area contributed by atoms with Crippen LogP contribution in [0.15, 0.2) is 29.1 Å². The Morgan fingerprint density at radius 2 is 2.23 bits per heavy atom. The first-order valence-electron chi connectivity index (χ1n) is 10.6. The number of carbonyl (C=O) groups excluding carboxylic acids is 1. The van der Waals surface area contributed by atoms with E-state index in [1.165, 1.54) is 16.0 Å². The Morgan fingerprint density at radius 1 is 1.29 bits per heavy atom. The quantitative estimate of drug-likeness (QED) is 0.372. The van der Waals surface area contributed by atoms with Crippen molar-refractivity contribution < 1.29 is 10.6 Å². The number of rotatable bonds is 8. The number of thiophene rings is 1. The fraction of sp³-hybridized carbons (Fsp3) is 0.391. The minimum atomic E-state index is 0. The van der Waals surface area contributed by atoms with E-state index in [-0.39, 0.29) is 1.43 Å². The van der Waals surface area contributed by atoms with Gasteiger partial charge >= 0.3 is 0 Å². The lowest BCUT2D eigenvalue weighted by Crippen LogP contribution is -2.22. The summed E-state index contributed by atoms with van der Waals surface area (Å²) in [4.78, 5) is 28.7. The molecule has 5 rings (SSSR count). The highest BCUT2D eigenvalue weighted by atomic mass is 32.1. The van der Waals surface area contributed by atoms with Crippen molar-refractivity contribution in [1.82, 2.24) is 20.3 Å². The second-order valence-corrected chi connectivity index (χ2v) is 10.1. The van der Waals surface area contributed by atoms with Crippen LogP contribution in [0.2, 0.25) is 0 Å². The molecule has 8 heteroatoms. The highest BCUT2D eigenvalue weighted by Crippen LogP contribution is 2.41. The molecule has 6 nitrogen and oxygen atoms in total. The maximum absolute atomic E-state index is 12.8. The molecule has 0 atom stereocenters. The molecule has 1 aliphatic rings. The lowest BCUT2D eigenvalue weighted by Gasteiger charge is -2.13. The van der Waals surface area contributed by atoms with Gasteiger partial charge in [0.15, 0.2) is 5.89 Å². The standard InChI is InChI=1S/C23H24N4O2S2.H2/c1-14-13-29-21(26-14)5-3-2-4-15(28)10-19-22(16-6-8-25-12-20(16)30-19)23-27-17-11-24-9-7-18(17)31-23;/h7,9,11,13,25H,2-6,8,10,12H2,1H3;1H. The molecule has 4 aromatic rings. The molecule has 1 aliphatic heterocycles. The van der Waals surface area contributed by atoms with Crippen LogP contribution in [-0.2, 0) is 30.6 Å². The fourth-order valence-electron chi connectivity index (χ4n) is 4.03. The number of thiazole rings is 1. The Bertz CT molecular complexity index is 1200. The van der Waals surface area contributed by atoms with Gasteiger partial charge in [-0.25, -0.2) is 9.97 Å². The summed E-state index contributed by atoms with van der Waals surface area (Å²) >= 11 is 3.47. The van der Waals surface area contributed by atoms with Gasteiger partial charge in [0.05, 0.1) is 16.6 Å². The molecule has 0 radical (unpaired) electrons. The molecule has 0 bridgehead atoms. The van der Waals surface area contributed by atoms with Crippen LogP contribution in [0.25, 0.3) is 20.8 Å². The third kappa shape index (κ3) is 4.46. The lowest BCUT2D eigenvalue weighted by atomic mass is 10.00. The molecule has 0 spiro atoms. The van der Waals surface area contributed by atoms with Gasteiger partial charge in [0.25, 0.3) is 0 Å². The van der Waals surface area contributed by atoms with Crippen LogP contribution >= 0.6 is 22.7 Å². The zero-order chi connectivity index (χ0) is 21.2. The summed E-state index contributed by atoms with van der Waals surface area (Å²) < 4.78 is 6.53. The Morgan fingerprint density at radius 3 is 3.06 bits per heavy atom. The summed E-state index contributed by atoms with van der Waals surface area (Å²) in [7, 11) is 0. The van der Waals surface area contributed by atoms with Crippen LogP contribution in [0, 0.1) is 6.92 Å². The number of oxazole rings is 1. The zero-order valence-corrected chi connectivity index (χ0v) is 19.1. The Labute approximate surface area is 190 Å². The van der Waals surface area contributed by atoms with Crippen molar-refractivity contribution in [1.29, 1.82) is 0 Å². The molecule has 0 saturated carbocycles. The van der Waals surface area contributed by atoms with Gasteiger partial charge < -0.3 is 9.73 Å². The van der Waals surface area contributed by atoms with E-state index in [9.17, 15) is 4.79 Å². The first kappa shape index (κ1) is 20.5. The first-order chi connectivity index (χ1) is 15.2. The van der Waals surface area contributed by atoms with E-state index < -0.39 is 0 Å². The van der Waals surface area contributed by atoms with Gasteiger partial charge in [0.2, 0.25) is 0 Å². The van der Waals surface area contributed by atoms with Crippen LogP contribution in [0.5, 0.6) is 0 Å². The second kappa shape index (κ2) is 8.98. The van der Waals surface area contributed by atoms with E-state index in [2.05, 4.69) is 15.3 Å². The van der Waals surface area contributed by atoms with Crippen molar-refractivity contribution in [2.75, 3.05) is 6.54 Å². The fourth-order valence-corrected chi connectivity index (χ4v) is 6.49. The third-order valence-corrected chi connectivity index (χ3v) is 7.81. The molecule has 31 heavy (non-hydrogen) atoms. The van der Waals surface area contributed by atoms with Gasteiger partial charge in [-0.1, -0.05) is 0 Å². The topological polar surface area (TPSA) is 80.9 Å². The van der Waals surface area contributed by atoms with Gasteiger partial charge in [-0.15, -0.1) is 22.7 Å². The first-order valence-corrected chi connectivity index (χ1v) is 12.3. The van der Waals surface area contributed by atoms with Gasteiger partial charge in [0.1, 0.15) is 22.6 Å². The van der Waals surface area contributed by atoms with E-state index in [0.29, 0.717) is 18.6 Å². The summed E-state index contributed by atoms with van der Waals surface area (Å²) in [6, 6.07) is 2.01. The Kier molecular flexibility index (Phi) is 5.93. The second-order valence-electron chi connectivity index (χ2n) is 7.90. The number of Topliss-reactive ketones (excluding diaryl/α,β-unsaturated/α-hetero) is 1. The van der Waals surface area contributed by atoms with E-state index in [1.807, 2.05) is 19.2 Å². The highest BCUT2D eigenvalue weighted by Gasteiger charge is 2.25. The molecule has 1 N–H and O–H groups in total. The summed E-state index contributed by atoms with van der Waals surface area (Å²) in [6.07, 6.45) is 9.90. The molecule has 0 fully saturated rings. The highest BCUT2D eigenvalue weighted by molar-refractivity contribution is 7.22. The van der Waals surface area contributed by atoms with Crippen molar-refractivity contribution in [3.8, 4) is 10.6 Å². The summed E-state index contributed by atoms with van der Waals surface area (Å²) in [5.74, 6) is 1.05. The van der Waals surface area contributed by atoms with Crippen LogP contribution in [0.4, 0.5) is 0 Å². The van der Waals surface area contributed by atoms with Crippen molar-refractivity contribution >= 4 is 38.7 Å². The van der Waals surface area contributed by atoms with Crippen molar-refractivity contribution in [2.24, 2.45) is 0 Å². The minimum Gasteiger partial charge on any atom is -0.449 e. The zero-order valence-electron chi connectivity index (χ0n) is 17.4. The number of carbonyl (C=O) groups is 1. The largest absolute Gasteiger partial charge is 0.449 e. The van der Waals surface area contributed by atoms with Gasteiger partial charge in [-0.2, -0.15) is 0 Å². The van der Waals surface area contributed by atoms with Crippen LogP contribution in [-0.4, -0.2) is 27.3 Å². The molecular weight excluding hydrogens is 428 g/mol. The maximum atomic E-state index is 12.8. The average molecular weight is 455 g/mol. The van der Waals surface area contributed by atoms with Crippen molar-refractivity contribution in [3.63, 3.8) is 0 Å². The van der Waals surface area contributed by atoms with E-state index in [0.717, 1.165) is 70.5 Å². The number of nitrogens with one attached hydrogen (secondary N) is 1. The van der Waals surface area contributed by atoms with Gasteiger partial charge in [0, 0.05) is 48.7 Å². The van der Waals surface area contributed by atoms with E-state index in [4.69, 9.17) is 9.40 Å². The summed E-state index contributed by atoms with van der Waals surface area (Å²) in [5, 5.41) is 4.47. The van der Waals surface area contributed by atoms with Crippen LogP contribution < -0.4 is 5.32 Å². The molecule has 0 aliphatic carbocycles. The molecule has 162 valence electrons. The number of pyridine rings is 1. The van der Waals surface area contributed by atoms with Crippen molar-refractivity contribution in [3.05, 3.63) is 51.6 Å². The third-order valence-electron chi connectivity index (χ3n) is 5.53. The number of ketones is 1. The SMILES string of the molecule is Cc1coc(CCCCC(=O)Cc2sc3c(c2-c2nc4cnccc4s2)CCNC3)n1.[HH]. The number of hydrogen-bond acceptors (Lipinski definition) is 8.